The van der Waals surface area contributed by atoms with Gasteiger partial charge in [-0.25, -0.2) is 4.79 Å². The van der Waals surface area contributed by atoms with Crippen LogP contribution < -0.4 is 0 Å². The molecule has 2 aliphatic heterocycles. The van der Waals surface area contributed by atoms with Crippen molar-refractivity contribution in [2.24, 2.45) is 11.8 Å². The van der Waals surface area contributed by atoms with Gasteiger partial charge in [-0.3, -0.25) is 4.79 Å². The molecule has 0 radical (unpaired) electrons. The van der Waals surface area contributed by atoms with Gasteiger partial charge in [0.15, 0.2) is 0 Å². The van der Waals surface area contributed by atoms with Crippen LogP contribution in [0.25, 0.3) is 11.4 Å². The van der Waals surface area contributed by atoms with Crippen molar-refractivity contribution in [2.45, 2.75) is 58.6 Å². The Morgan fingerprint density at radius 3 is 2.42 bits per heavy atom. The molecule has 0 N–H and O–H groups in total. The lowest BCUT2D eigenvalue weighted by atomic mass is 9.80. The molecule has 9 nitrogen and oxygen atoms in total. The molecule has 2 saturated heterocycles. The average molecular weight is 455 g/mol. The van der Waals surface area contributed by atoms with Gasteiger partial charge in [0.2, 0.25) is 11.7 Å². The van der Waals surface area contributed by atoms with Crippen LogP contribution in [0.2, 0.25) is 0 Å². The molecule has 0 aliphatic carbocycles. The number of piperidine rings is 2. The van der Waals surface area contributed by atoms with Gasteiger partial charge in [-0.2, -0.15) is 4.80 Å². The predicted molar refractivity (Wildman–Crippen MR) is 123 cm³/mol. The van der Waals surface area contributed by atoms with E-state index in [1.165, 1.54) is 4.80 Å². The largest absolute Gasteiger partial charge is 0.444 e. The molecule has 0 saturated carbocycles. The molecule has 178 valence electrons. The van der Waals surface area contributed by atoms with Crippen LogP contribution in [0.1, 0.15) is 46.5 Å². The Balaban J connectivity index is 1.26. The standard InChI is InChI=1S/C24H34N6O3/c1-24(2,3)33-23(32)29-13-7-10-20(16-29)18-11-14-28(15-12-18)21(31)17-30-26-22(25-27-30)19-8-5-4-6-9-19/h4-6,8-9,18,20H,7,10-17H2,1-3H3. The van der Waals surface area contributed by atoms with Crippen LogP contribution >= 0.6 is 0 Å². The van der Waals surface area contributed by atoms with Crippen molar-refractivity contribution >= 4 is 12.0 Å². The van der Waals surface area contributed by atoms with E-state index in [2.05, 4.69) is 15.4 Å². The highest BCUT2D eigenvalue weighted by Crippen LogP contribution is 2.32. The van der Waals surface area contributed by atoms with Crippen LogP contribution in [0.5, 0.6) is 0 Å². The number of likely N-dealkylation sites (tertiary alicyclic amines) is 2. The van der Waals surface area contributed by atoms with E-state index in [1.54, 1.807) is 0 Å². The van der Waals surface area contributed by atoms with Gasteiger partial charge in [-0.15, -0.1) is 10.2 Å². The Morgan fingerprint density at radius 1 is 1.00 bits per heavy atom. The van der Waals surface area contributed by atoms with E-state index in [0.717, 1.165) is 57.4 Å². The lowest BCUT2D eigenvalue weighted by Crippen LogP contribution is -2.47. The topological polar surface area (TPSA) is 93.5 Å². The molecule has 3 heterocycles. The number of carbonyl (C=O) groups is 2. The molecule has 9 heteroatoms. The van der Waals surface area contributed by atoms with Gasteiger partial charge in [0.05, 0.1) is 0 Å². The van der Waals surface area contributed by atoms with Crippen LogP contribution in [0.3, 0.4) is 0 Å². The van der Waals surface area contributed by atoms with E-state index >= 15 is 0 Å². The van der Waals surface area contributed by atoms with E-state index < -0.39 is 5.60 Å². The number of hydrogen-bond donors (Lipinski definition) is 0. The summed E-state index contributed by atoms with van der Waals surface area (Å²) >= 11 is 0. The molecule has 4 rings (SSSR count). The van der Waals surface area contributed by atoms with Gasteiger partial charge in [-0.1, -0.05) is 30.3 Å². The maximum absolute atomic E-state index is 12.8. The molecule has 2 aromatic rings. The number of carbonyl (C=O) groups excluding carboxylic acids is 2. The number of rotatable bonds is 4. The Hall–Kier alpha value is -2.97. The minimum atomic E-state index is -0.476. The number of ether oxygens (including phenoxy) is 1. The molecule has 0 bridgehead atoms. The number of tetrazole rings is 1. The summed E-state index contributed by atoms with van der Waals surface area (Å²) in [6.07, 6.45) is 3.83. The molecule has 1 aromatic heterocycles. The highest BCUT2D eigenvalue weighted by molar-refractivity contribution is 5.76. The summed E-state index contributed by atoms with van der Waals surface area (Å²) in [4.78, 5) is 30.4. The zero-order chi connectivity index (χ0) is 23.4. The van der Waals surface area contributed by atoms with Gasteiger partial charge < -0.3 is 14.5 Å². The maximum atomic E-state index is 12.8. The van der Waals surface area contributed by atoms with Crippen molar-refractivity contribution < 1.29 is 14.3 Å². The van der Waals surface area contributed by atoms with E-state index in [4.69, 9.17) is 4.74 Å². The fourth-order valence-electron chi connectivity index (χ4n) is 4.74. The first kappa shape index (κ1) is 23.2. The van der Waals surface area contributed by atoms with E-state index in [1.807, 2.05) is 60.9 Å². The predicted octanol–water partition coefficient (Wildman–Crippen LogP) is 3.23. The molecule has 2 amide bonds. The number of amides is 2. The van der Waals surface area contributed by atoms with Crippen molar-refractivity contribution in [1.82, 2.24) is 30.0 Å². The molecule has 2 aliphatic rings. The second-order valence-electron chi connectivity index (χ2n) is 10.1. The Bertz CT molecular complexity index is 947. The molecule has 1 unspecified atom stereocenters. The quantitative estimate of drug-likeness (QED) is 0.704. The van der Waals surface area contributed by atoms with Crippen LogP contribution in [0, 0.1) is 11.8 Å². The van der Waals surface area contributed by atoms with Crippen molar-refractivity contribution in [2.75, 3.05) is 26.2 Å². The number of hydrogen-bond acceptors (Lipinski definition) is 6. The first-order valence-corrected chi connectivity index (χ1v) is 11.9. The summed E-state index contributed by atoms with van der Waals surface area (Å²) in [6.45, 7) is 8.76. The Morgan fingerprint density at radius 2 is 1.73 bits per heavy atom. The average Bonchev–Trinajstić information content (AvgIpc) is 3.27. The van der Waals surface area contributed by atoms with Crippen LogP contribution in [-0.4, -0.2) is 73.8 Å². The number of nitrogens with zero attached hydrogens (tertiary/aromatic N) is 6. The summed E-state index contributed by atoms with van der Waals surface area (Å²) in [6, 6.07) is 9.62. The second-order valence-corrected chi connectivity index (χ2v) is 10.1. The summed E-state index contributed by atoms with van der Waals surface area (Å²) in [7, 11) is 0. The molecule has 33 heavy (non-hydrogen) atoms. The third-order valence-electron chi connectivity index (χ3n) is 6.43. The van der Waals surface area contributed by atoms with E-state index in [0.29, 0.717) is 17.7 Å². The van der Waals surface area contributed by atoms with Gasteiger partial charge in [-0.05, 0) is 63.5 Å². The third-order valence-corrected chi connectivity index (χ3v) is 6.43. The van der Waals surface area contributed by atoms with Crippen molar-refractivity contribution in [3.05, 3.63) is 30.3 Å². The van der Waals surface area contributed by atoms with Crippen LogP contribution in [-0.2, 0) is 16.1 Å². The summed E-state index contributed by atoms with van der Waals surface area (Å²) in [5.74, 6) is 1.53. The second kappa shape index (κ2) is 9.89. The maximum Gasteiger partial charge on any atom is 0.410 e. The van der Waals surface area contributed by atoms with Crippen molar-refractivity contribution in [1.29, 1.82) is 0 Å². The molecule has 0 spiro atoms. The summed E-state index contributed by atoms with van der Waals surface area (Å²) in [5, 5.41) is 12.5. The van der Waals surface area contributed by atoms with E-state index in [-0.39, 0.29) is 18.5 Å². The molecule has 1 atom stereocenters. The number of aromatic nitrogens is 4. The zero-order valence-corrected chi connectivity index (χ0v) is 19.8. The van der Waals surface area contributed by atoms with Gasteiger partial charge in [0.1, 0.15) is 12.1 Å². The van der Waals surface area contributed by atoms with Crippen molar-refractivity contribution in [3.8, 4) is 11.4 Å². The lowest BCUT2D eigenvalue weighted by molar-refractivity contribution is -0.134. The first-order chi connectivity index (χ1) is 15.8. The lowest BCUT2D eigenvalue weighted by Gasteiger charge is -2.41. The number of benzene rings is 1. The highest BCUT2D eigenvalue weighted by atomic mass is 16.6. The van der Waals surface area contributed by atoms with E-state index in [9.17, 15) is 9.59 Å². The fourth-order valence-corrected chi connectivity index (χ4v) is 4.74. The third kappa shape index (κ3) is 6.09. The fraction of sp³-hybridized carbons (Fsp3) is 0.625. The van der Waals surface area contributed by atoms with Gasteiger partial charge in [0, 0.05) is 31.7 Å². The first-order valence-electron chi connectivity index (χ1n) is 11.9. The molecular weight excluding hydrogens is 420 g/mol. The Kier molecular flexibility index (Phi) is 6.95. The summed E-state index contributed by atoms with van der Waals surface area (Å²) < 4.78 is 5.56. The van der Waals surface area contributed by atoms with Gasteiger partial charge in [0.25, 0.3) is 0 Å². The van der Waals surface area contributed by atoms with Gasteiger partial charge >= 0.3 is 6.09 Å². The Labute approximate surface area is 195 Å². The van der Waals surface area contributed by atoms with Crippen LogP contribution in [0.4, 0.5) is 4.79 Å². The highest BCUT2D eigenvalue weighted by Gasteiger charge is 2.34. The zero-order valence-electron chi connectivity index (χ0n) is 19.8. The van der Waals surface area contributed by atoms with Crippen molar-refractivity contribution in [3.63, 3.8) is 0 Å². The minimum absolute atomic E-state index is 0.0180. The normalized spacial score (nSPS) is 20.0. The minimum Gasteiger partial charge on any atom is -0.444 e. The molecular formula is C24H34N6O3. The molecule has 2 fully saturated rings. The monoisotopic (exact) mass is 454 g/mol. The SMILES string of the molecule is CC(C)(C)OC(=O)N1CCCC(C2CCN(C(=O)Cn3nnc(-c4ccccc4)n3)CC2)C1. The summed E-state index contributed by atoms with van der Waals surface area (Å²) in [5.41, 5.74) is 0.404. The smallest absolute Gasteiger partial charge is 0.410 e. The van der Waals surface area contributed by atoms with Crippen LogP contribution in [0.15, 0.2) is 30.3 Å². The molecule has 1 aromatic carbocycles.